The topological polar surface area (TPSA) is 73.0 Å². The number of benzene rings is 2. The van der Waals surface area contributed by atoms with Gasteiger partial charge in [-0.15, -0.1) is 0 Å². The van der Waals surface area contributed by atoms with Crippen LogP contribution in [0.15, 0.2) is 59.5 Å². The van der Waals surface area contributed by atoms with Gasteiger partial charge in [0.15, 0.2) is 0 Å². The number of nitrogens with zero attached hydrogens (tertiary/aromatic N) is 3. The van der Waals surface area contributed by atoms with Crippen molar-refractivity contribution in [3.05, 3.63) is 54.6 Å². The molecule has 8 heteroatoms. The second-order valence-corrected chi connectivity index (χ2v) is 11.7. The van der Waals surface area contributed by atoms with E-state index >= 15 is 0 Å². The average molecular weight is 483 g/mol. The Labute approximate surface area is 202 Å². The zero-order chi connectivity index (χ0) is 23.5. The molecular weight excluding hydrogens is 448 g/mol. The Morgan fingerprint density at radius 3 is 2.24 bits per heavy atom. The van der Waals surface area contributed by atoms with Crippen LogP contribution in [0.4, 0.5) is 11.4 Å². The van der Waals surface area contributed by atoms with Gasteiger partial charge in [-0.05, 0) is 61.9 Å². The van der Waals surface area contributed by atoms with E-state index in [-0.39, 0.29) is 11.8 Å². The molecule has 3 aliphatic rings. The van der Waals surface area contributed by atoms with Gasteiger partial charge in [-0.3, -0.25) is 9.69 Å². The fraction of sp³-hybridized carbons (Fsp3) is 0.500. The predicted octanol–water partition coefficient (Wildman–Crippen LogP) is 3.26. The number of carbonyl (C=O) groups is 1. The summed E-state index contributed by atoms with van der Waals surface area (Å²) in [5.74, 6) is 0.718. The summed E-state index contributed by atoms with van der Waals surface area (Å²) >= 11 is 0. The quantitative estimate of drug-likeness (QED) is 0.656. The molecule has 2 aliphatic heterocycles. The van der Waals surface area contributed by atoms with E-state index in [0.29, 0.717) is 30.8 Å². The van der Waals surface area contributed by atoms with Crippen molar-refractivity contribution in [1.82, 2.24) is 9.21 Å². The number of anilines is 2. The Hall–Kier alpha value is -2.42. The number of amides is 1. The van der Waals surface area contributed by atoms with Crippen LogP contribution in [0.5, 0.6) is 0 Å². The molecule has 0 unspecified atom stereocenters. The van der Waals surface area contributed by atoms with Crippen molar-refractivity contribution < 1.29 is 13.2 Å². The molecule has 2 aromatic carbocycles. The van der Waals surface area contributed by atoms with Crippen molar-refractivity contribution in [2.24, 2.45) is 11.8 Å². The molecule has 182 valence electrons. The van der Waals surface area contributed by atoms with E-state index in [1.165, 1.54) is 23.7 Å². The lowest BCUT2D eigenvalue weighted by Crippen LogP contribution is -2.47. The largest absolute Gasteiger partial charge is 0.369 e. The molecule has 2 aromatic rings. The fourth-order valence-corrected chi connectivity index (χ4v) is 6.47. The molecule has 1 aliphatic carbocycles. The van der Waals surface area contributed by atoms with E-state index in [2.05, 4.69) is 27.2 Å². The molecule has 2 heterocycles. The van der Waals surface area contributed by atoms with Crippen molar-refractivity contribution in [3.8, 4) is 0 Å². The van der Waals surface area contributed by atoms with E-state index < -0.39 is 10.0 Å². The Morgan fingerprint density at radius 2 is 1.56 bits per heavy atom. The van der Waals surface area contributed by atoms with Crippen LogP contribution in [0.1, 0.15) is 25.7 Å². The molecule has 2 saturated heterocycles. The number of carbonyl (C=O) groups excluding carboxylic acids is 1. The highest BCUT2D eigenvalue weighted by Gasteiger charge is 2.32. The van der Waals surface area contributed by atoms with Crippen molar-refractivity contribution >= 4 is 27.3 Å². The lowest BCUT2D eigenvalue weighted by atomic mass is 9.97. The summed E-state index contributed by atoms with van der Waals surface area (Å²) in [6, 6.07) is 16.6. The van der Waals surface area contributed by atoms with Crippen LogP contribution in [0.25, 0.3) is 0 Å². The molecular formula is C26H34N4O3S. The van der Waals surface area contributed by atoms with Crippen LogP contribution >= 0.6 is 0 Å². The van der Waals surface area contributed by atoms with Crippen LogP contribution in [-0.4, -0.2) is 69.3 Å². The van der Waals surface area contributed by atoms with Crippen LogP contribution < -0.4 is 10.2 Å². The third-order valence-corrected chi connectivity index (χ3v) is 9.18. The van der Waals surface area contributed by atoms with Gasteiger partial charge in [0.2, 0.25) is 15.9 Å². The van der Waals surface area contributed by atoms with Gasteiger partial charge >= 0.3 is 0 Å². The van der Waals surface area contributed by atoms with Gasteiger partial charge in [0.25, 0.3) is 0 Å². The number of hydrogen-bond donors (Lipinski definition) is 1. The number of nitrogens with one attached hydrogen (secondary N) is 1. The van der Waals surface area contributed by atoms with Crippen molar-refractivity contribution in [2.75, 3.05) is 56.0 Å². The number of rotatable bonds is 7. The highest BCUT2D eigenvalue weighted by molar-refractivity contribution is 7.89. The monoisotopic (exact) mass is 482 g/mol. The summed E-state index contributed by atoms with van der Waals surface area (Å²) in [6.07, 6.45) is 3.84. The maximum atomic E-state index is 12.9. The highest BCUT2D eigenvalue weighted by atomic mass is 32.2. The van der Waals surface area contributed by atoms with Crippen LogP contribution in [0.2, 0.25) is 0 Å². The molecule has 34 heavy (non-hydrogen) atoms. The molecule has 7 nitrogen and oxygen atoms in total. The lowest BCUT2D eigenvalue weighted by molar-refractivity contribution is -0.120. The standard InChI is InChI=1S/C26H34N4O3S/c31-26(22-11-13-30(14-12-22)34(32,33)25-7-2-1-3-8-25)27-23-5-4-6-24(19-23)29-17-15-28(16-18-29)20-21-9-10-21/h1-8,19,21-22H,9-18,20H2,(H,27,31). The van der Waals surface area contributed by atoms with Gasteiger partial charge in [0.05, 0.1) is 4.90 Å². The minimum absolute atomic E-state index is 0.0249. The van der Waals surface area contributed by atoms with E-state index in [1.54, 1.807) is 30.3 Å². The van der Waals surface area contributed by atoms with Crippen molar-refractivity contribution in [1.29, 1.82) is 0 Å². The first kappa shape index (κ1) is 23.3. The summed E-state index contributed by atoms with van der Waals surface area (Å²) in [5, 5.41) is 3.08. The molecule has 0 radical (unpaired) electrons. The van der Waals surface area contributed by atoms with E-state index in [1.807, 2.05) is 12.1 Å². The second kappa shape index (κ2) is 10.1. The minimum atomic E-state index is -3.50. The normalized spacial score (nSPS) is 20.9. The molecule has 0 aromatic heterocycles. The molecule has 1 saturated carbocycles. The average Bonchev–Trinajstić information content (AvgIpc) is 3.69. The van der Waals surface area contributed by atoms with Gasteiger partial charge in [-0.1, -0.05) is 24.3 Å². The van der Waals surface area contributed by atoms with Crippen molar-refractivity contribution in [3.63, 3.8) is 0 Å². The first-order chi connectivity index (χ1) is 16.5. The maximum absolute atomic E-state index is 12.9. The second-order valence-electron chi connectivity index (χ2n) is 9.76. The van der Waals surface area contributed by atoms with Gasteiger partial charge in [-0.25, -0.2) is 8.42 Å². The Morgan fingerprint density at radius 1 is 0.853 bits per heavy atom. The number of hydrogen-bond acceptors (Lipinski definition) is 5. The third kappa shape index (κ3) is 5.45. The van der Waals surface area contributed by atoms with Gasteiger partial charge in [0.1, 0.15) is 0 Å². The summed E-state index contributed by atoms with van der Waals surface area (Å²) in [7, 11) is -3.50. The third-order valence-electron chi connectivity index (χ3n) is 7.27. The Balaban J connectivity index is 1.13. The molecule has 1 N–H and O–H groups in total. The highest BCUT2D eigenvalue weighted by Crippen LogP contribution is 2.30. The van der Waals surface area contributed by atoms with Gasteiger partial charge in [0, 0.05) is 63.1 Å². The Bertz CT molecular complexity index is 1090. The van der Waals surface area contributed by atoms with E-state index in [9.17, 15) is 13.2 Å². The predicted molar refractivity (Wildman–Crippen MR) is 134 cm³/mol. The number of piperidine rings is 1. The summed E-state index contributed by atoms with van der Waals surface area (Å²) < 4.78 is 27.2. The number of sulfonamides is 1. The first-order valence-electron chi connectivity index (χ1n) is 12.4. The molecule has 0 spiro atoms. The minimum Gasteiger partial charge on any atom is -0.369 e. The zero-order valence-electron chi connectivity index (χ0n) is 19.6. The molecule has 0 bridgehead atoms. The summed E-state index contributed by atoms with van der Waals surface area (Å²) in [5.41, 5.74) is 1.95. The SMILES string of the molecule is O=C(Nc1cccc(N2CCN(CC3CC3)CC2)c1)C1CCN(S(=O)(=O)c2ccccc2)CC1. The fourth-order valence-electron chi connectivity index (χ4n) is 4.98. The van der Waals surface area contributed by atoms with Crippen molar-refractivity contribution in [2.45, 2.75) is 30.6 Å². The number of piperazine rings is 1. The maximum Gasteiger partial charge on any atom is 0.243 e. The van der Waals surface area contributed by atoms with Gasteiger partial charge in [-0.2, -0.15) is 4.31 Å². The first-order valence-corrected chi connectivity index (χ1v) is 13.9. The molecule has 3 fully saturated rings. The smallest absolute Gasteiger partial charge is 0.243 e. The van der Waals surface area contributed by atoms with Crippen LogP contribution in [0, 0.1) is 11.8 Å². The van der Waals surface area contributed by atoms with Crippen LogP contribution in [0.3, 0.4) is 0 Å². The Kier molecular flexibility index (Phi) is 6.90. The van der Waals surface area contributed by atoms with Crippen LogP contribution in [-0.2, 0) is 14.8 Å². The van der Waals surface area contributed by atoms with E-state index in [4.69, 9.17) is 0 Å². The molecule has 5 rings (SSSR count). The zero-order valence-corrected chi connectivity index (χ0v) is 20.4. The molecule has 0 atom stereocenters. The molecule has 1 amide bonds. The summed E-state index contributed by atoms with van der Waals surface area (Å²) in [6.45, 7) is 6.18. The lowest BCUT2D eigenvalue weighted by Gasteiger charge is -2.36. The van der Waals surface area contributed by atoms with E-state index in [0.717, 1.165) is 43.5 Å². The summed E-state index contributed by atoms with van der Waals surface area (Å²) in [4.78, 5) is 18.2. The van der Waals surface area contributed by atoms with Gasteiger partial charge < -0.3 is 10.2 Å².